The number of hydrogen-bond acceptors (Lipinski definition) is 3. The summed E-state index contributed by atoms with van der Waals surface area (Å²) in [6.07, 6.45) is 2.15. The van der Waals surface area contributed by atoms with Gasteiger partial charge in [-0.05, 0) is 30.7 Å². The quantitative estimate of drug-likeness (QED) is 0.649. The van der Waals surface area contributed by atoms with E-state index in [9.17, 15) is 0 Å². The first-order valence-electron chi connectivity index (χ1n) is 7.47. The van der Waals surface area contributed by atoms with Crippen LogP contribution in [0.2, 0.25) is 0 Å². The second-order valence-electron chi connectivity index (χ2n) is 6.56. The molecule has 0 spiro atoms. The molecule has 108 valence electrons. The lowest BCUT2D eigenvalue weighted by Crippen LogP contribution is -2.39. The summed E-state index contributed by atoms with van der Waals surface area (Å²) in [5.41, 5.74) is 5.81. The SMILES string of the molecule is CCn1nc(CC(NN)C2CC2(C)C)c2ccccc21. The largest absolute Gasteiger partial charge is 0.271 e. The van der Waals surface area contributed by atoms with E-state index in [1.165, 1.54) is 17.3 Å². The van der Waals surface area contributed by atoms with Crippen molar-refractivity contribution in [2.75, 3.05) is 0 Å². The molecule has 0 amide bonds. The summed E-state index contributed by atoms with van der Waals surface area (Å²) in [7, 11) is 0. The van der Waals surface area contributed by atoms with E-state index < -0.39 is 0 Å². The first-order valence-corrected chi connectivity index (χ1v) is 7.47. The summed E-state index contributed by atoms with van der Waals surface area (Å²) >= 11 is 0. The van der Waals surface area contributed by atoms with Crippen molar-refractivity contribution in [2.45, 2.75) is 46.2 Å². The van der Waals surface area contributed by atoms with Crippen molar-refractivity contribution in [3.63, 3.8) is 0 Å². The summed E-state index contributed by atoms with van der Waals surface area (Å²) < 4.78 is 2.08. The molecule has 4 nitrogen and oxygen atoms in total. The molecular formula is C16H24N4. The smallest absolute Gasteiger partial charge is 0.0719 e. The molecule has 2 aromatic rings. The topological polar surface area (TPSA) is 55.9 Å². The van der Waals surface area contributed by atoms with Crippen LogP contribution in [0.25, 0.3) is 10.9 Å². The third-order valence-corrected chi connectivity index (χ3v) is 4.74. The van der Waals surface area contributed by atoms with Gasteiger partial charge in [-0.3, -0.25) is 16.0 Å². The van der Waals surface area contributed by atoms with Gasteiger partial charge in [0.15, 0.2) is 0 Å². The van der Waals surface area contributed by atoms with Gasteiger partial charge >= 0.3 is 0 Å². The molecule has 0 radical (unpaired) electrons. The van der Waals surface area contributed by atoms with E-state index in [0.717, 1.165) is 18.7 Å². The Kier molecular flexibility index (Phi) is 3.30. The fraction of sp³-hybridized carbons (Fsp3) is 0.562. The maximum Gasteiger partial charge on any atom is 0.0719 e. The van der Waals surface area contributed by atoms with Gasteiger partial charge in [0.2, 0.25) is 0 Å². The van der Waals surface area contributed by atoms with E-state index in [4.69, 9.17) is 10.9 Å². The number of para-hydroxylation sites is 1. The zero-order valence-electron chi connectivity index (χ0n) is 12.6. The lowest BCUT2D eigenvalue weighted by Gasteiger charge is -2.16. The summed E-state index contributed by atoms with van der Waals surface area (Å²) in [5.74, 6) is 6.43. The number of rotatable bonds is 5. The third-order valence-electron chi connectivity index (χ3n) is 4.74. The third kappa shape index (κ3) is 2.23. The minimum Gasteiger partial charge on any atom is -0.271 e. The van der Waals surface area contributed by atoms with Gasteiger partial charge in [-0.25, -0.2) is 0 Å². The van der Waals surface area contributed by atoms with Gasteiger partial charge in [0.05, 0.1) is 11.2 Å². The van der Waals surface area contributed by atoms with Crippen LogP contribution in [0.1, 0.15) is 32.9 Å². The number of aryl methyl sites for hydroxylation is 1. The Labute approximate surface area is 120 Å². The molecule has 1 aliphatic rings. The number of nitrogens with one attached hydrogen (secondary N) is 1. The van der Waals surface area contributed by atoms with Gasteiger partial charge in [-0.15, -0.1) is 0 Å². The normalized spacial score (nSPS) is 22.1. The maximum absolute atomic E-state index is 5.78. The highest BCUT2D eigenvalue weighted by Crippen LogP contribution is 2.53. The molecule has 20 heavy (non-hydrogen) atoms. The van der Waals surface area contributed by atoms with Crippen LogP contribution in [-0.2, 0) is 13.0 Å². The van der Waals surface area contributed by atoms with Crippen molar-refractivity contribution in [1.82, 2.24) is 15.2 Å². The van der Waals surface area contributed by atoms with E-state index in [2.05, 4.69) is 55.1 Å². The molecular weight excluding hydrogens is 248 g/mol. The number of hydrazine groups is 1. The number of benzene rings is 1. The average molecular weight is 272 g/mol. The lowest BCUT2D eigenvalue weighted by atomic mass is 9.99. The number of fused-ring (bicyclic) bond motifs is 1. The summed E-state index contributed by atoms with van der Waals surface area (Å²) in [5, 5.41) is 6.03. The Morgan fingerprint density at radius 1 is 1.45 bits per heavy atom. The molecule has 2 unspecified atom stereocenters. The van der Waals surface area contributed by atoms with E-state index in [1.54, 1.807) is 0 Å². The second kappa shape index (κ2) is 4.86. The zero-order chi connectivity index (χ0) is 14.3. The van der Waals surface area contributed by atoms with Crippen LogP contribution in [0.5, 0.6) is 0 Å². The monoisotopic (exact) mass is 272 g/mol. The van der Waals surface area contributed by atoms with Crippen LogP contribution in [0, 0.1) is 11.3 Å². The Balaban J connectivity index is 1.90. The van der Waals surface area contributed by atoms with Gasteiger partial charge < -0.3 is 0 Å². The van der Waals surface area contributed by atoms with Crippen molar-refractivity contribution in [3.05, 3.63) is 30.0 Å². The second-order valence-corrected chi connectivity index (χ2v) is 6.56. The number of hydrogen-bond donors (Lipinski definition) is 2. The molecule has 1 aromatic heterocycles. The zero-order valence-corrected chi connectivity index (χ0v) is 12.6. The highest BCUT2D eigenvalue weighted by molar-refractivity contribution is 5.82. The predicted molar refractivity (Wildman–Crippen MR) is 82.1 cm³/mol. The molecule has 4 heteroatoms. The molecule has 3 rings (SSSR count). The predicted octanol–water partition coefficient (Wildman–Crippen LogP) is 2.48. The van der Waals surface area contributed by atoms with Crippen LogP contribution in [0.4, 0.5) is 0 Å². The van der Waals surface area contributed by atoms with Crippen molar-refractivity contribution in [1.29, 1.82) is 0 Å². The van der Waals surface area contributed by atoms with Crippen LogP contribution >= 0.6 is 0 Å². The van der Waals surface area contributed by atoms with Gasteiger partial charge in [-0.1, -0.05) is 32.0 Å². The van der Waals surface area contributed by atoms with Crippen molar-refractivity contribution in [3.8, 4) is 0 Å². The summed E-state index contributed by atoms with van der Waals surface area (Å²) in [6.45, 7) is 7.65. The molecule has 0 bridgehead atoms. The number of nitrogens with zero attached hydrogens (tertiary/aromatic N) is 2. The van der Waals surface area contributed by atoms with Crippen LogP contribution in [0.3, 0.4) is 0 Å². The average Bonchev–Trinajstić information content (AvgIpc) is 2.94. The lowest BCUT2D eigenvalue weighted by molar-refractivity contribution is 0.405. The van der Waals surface area contributed by atoms with Crippen molar-refractivity contribution in [2.24, 2.45) is 17.2 Å². The molecule has 1 aromatic carbocycles. The Morgan fingerprint density at radius 2 is 2.15 bits per heavy atom. The highest BCUT2D eigenvalue weighted by Gasteiger charge is 2.49. The van der Waals surface area contributed by atoms with Gasteiger partial charge in [0, 0.05) is 24.4 Å². The first kappa shape index (κ1) is 13.6. The number of nitrogens with two attached hydrogens (primary N) is 1. The fourth-order valence-electron chi connectivity index (χ4n) is 3.31. The molecule has 1 saturated carbocycles. The van der Waals surface area contributed by atoms with E-state index in [1.807, 2.05) is 0 Å². The van der Waals surface area contributed by atoms with Crippen LogP contribution in [0.15, 0.2) is 24.3 Å². The van der Waals surface area contributed by atoms with Crippen molar-refractivity contribution < 1.29 is 0 Å². The Hall–Kier alpha value is -1.39. The molecule has 3 N–H and O–H groups in total. The summed E-state index contributed by atoms with van der Waals surface area (Å²) in [4.78, 5) is 0. The first-order chi connectivity index (χ1) is 9.56. The molecule has 1 aliphatic carbocycles. The molecule has 0 aliphatic heterocycles. The Morgan fingerprint density at radius 3 is 2.75 bits per heavy atom. The summed E-state index contributed by atoms with van der Waals surface area (Å²) in [6, 6.07) is 8.77. The van der Waals surface area contributed by atoms with Gasteiger partial charge in [0.25, 0.3) is 0 Å². The minimum absolute atomic E-state index is 0.314. The Bertz CT molecular complexity index is 614. The van der Waals surface area contributed by atoms with Crippen LogP contribution in [-0.4, -0.2) is 15.8 Å². The fourth-order valence-corrected chi connectivity index (χ4v) is 3.31. The highest BCUT2D eigenvalue weighted by atomic mass is 15.3. The van der Waals surface area contributed by atoms with Crippen LogP contribution < -0.4 is 11.3 Å². The molecule has 0 saturated heterocycles. The van der Waals surface area contributed by atoms with E-state index in [0.29, 0.717) is 17.4 Å². The van der Waals surface area contributed by atoms with Gasteiger partial charge in [-0.2, -0.15) is 5.10 Å². The molecule has 1 fully saturated rings. The standard InChI is InChI=1S/C16H24N4/c1-4-20-15-8-6-5-7-11(15)13(19-20)9-14(18-17)12-10-16(12,2)3/h5-8,12,14,18H,4,9-10,17H2,1-3H3. The number of aromatic nitrogens is 2. The van der Waals surface area contributed by atoms with Crippen molar-refractivity contribution >= 4 is 10.9 Å². The minimum atomic E-state index is 0.314. The van der Waals surface area contributed by atoms with E-state index in [-0.39, 0.29) is 0 Å². The molecule has 1 heterocycles. The maximum atomic E-state index is 5.78. The van der Waals surface area contributed by atoms with E-state index >= 15 is 0 Å². The molecule has 2 atom stereocenters. The van der Waals surface area contributed by atoms with Gasteiger partial charge in [0.1, 0.15) is 0 Å².